The third-order valence-electron chi connectivity index (χ3n) is 9.49. The molecule has 57 heavy (non-hydrogen) atoms. The number of rotatable bonds is 11. The van der Waals surface area contributed by atoms with Gasteiger partial charge in [-0.15, -0.1) is 0 Å². The molecule has 0 spiro atoms. The van der Waals surface area contributed by atoms with Gasteiger partial charge in [-0.2, -0.15) is 0 Å². The van der Waals surface area contributed by atoms with Gasteiger partial charge in [-0.3, -0.25) is 4.79 Å². The van der Waals surface area contributed by atoms with Gasteiger partial charge in [0.1, 0.15) is 25.3 Å². The van der Waals surface area contributed by atoms with E-state index in [1.54, 1.807) is 0 Å². The number of carbonyl (C=O) groups is 5. The van der Waals surface area contributed by atoms with Gasteiger partial charge >= 0.3 is 24.1 Å². The molecule has 7 N–H and O–H groups in total. The minimum absolute atomic E-state index is 0. The zero-order chi connectivity index (χ0) is 40.0. The number of fused-ring (bicyclic) bond motifs is 6. The van der Waals surface area contributed by atoms with Crippen LogP contribution in [0.2, 0.25) is 0 Å². The number of carboxylic acid groups (broad SMARTS) is 2. The molecule has 0 radical (unpaired) electrons. The van der Waals surface area contributed by atoms with Crippen LogP contribution in [0.15, 0.2) is 97.1 Å². The quantitative estimate of drug-likeness (QED) is 0.112. The molecule has 2 atom stereocenters. The number of benzene rings is 4. The molecular formula is C43H50N4O10. The van der Waals surface area contributed by atoms with Crippen molar-refractivity contribution < 1.29 is 48.4 Å². The first-order chi connectivity index (χ1) is 27.1. The van der Waals surface area contributed by atoms with Crippen LogP contribution in [0.5, 0.6) is 0 Å². The summed E-state index contributed by atoms with van der Waals surface area (Å²) >= 11 is 0. The lowest BCUT2D eigenvalue weighted by Crippen LogP contribution is -2.48. The van der Waals surface area contributed by atoms with Gasteiger partial charge in [0.25, 0.3) is 0 Å². The molecule has 4 aromatic carbocycles. The highest BCUT2D eigenvalue weighted by atomic mass is 16.6. The van der Waals surface area contributed by atoms with Gasteiger partial charge in [-0.05, 0) is 57.3 Å². The van der Waals surface area contributed by atoms with Crippen molar-refractivity contribution in [1.82, 2.24) is 16.0 Å². The highest BCUT2D eigenvalue weighted by molar-refractivity contribution is 5.83. The van der Waals surface area contributed by atoms with Gasteiger partial charge < -0.3 is 46.1 Å². The maximum absolute atomic E-state index is 12.1. The summed E-state index contributed by atoms with van der Waals surface area (Å²) in [6.07, 6.45) is 0.935. The minimum atomic E-state index is -1.26. The Morgan fingerprint density at radius 2 is 1.00 bits per heavy atom. The molecule has 3 aliphatic rings. The first kappa shape index (κ1) is 43.5. The van der Waals surface area contributed by atoms with Crippen molar-refractivity contribution in [2.45, 2.75) is 51.1 Å². The molecule has 7 rings (SSSR count). The SMILES string of the molecule is C.C1CCOC1.CC(=O)NCC(NC(=O)OCC1c2ccccc2-c2ccccc21)C(=O)O.NCC(NC(=O)OCC1c2ccccc2-c2ccccc21)C(=O)O. The van der Waals surface area contributed by atoms with E-state index in [0.717, 1.165) is 57.7 Å². The predicted molar refractivity (Wildman–Crippen MR) is 214 cm³/mol. The summed E-state index contributed by atoms with van der Waals surface area (Å²) in [5.74, 6) is -3.00. The second-order valence-corrected chi connectivity index (χ2v) is 13.2. The third-order valence-corrected chi connectivity index (χ3v) is 9.49. The van der Waals surface area contributed by atoms with Crippen LogP contribution < -0.4 is 21.7 Å². The Labute approximate surface area is 331 Å². The van der Waals surface area contributed by atoms with E-state index in [9.17, 15) is 24.0 Å². The predicted octanol–water partition coefficient (Wildman–Crippen LogP) is 5.48. The molecule has 1 fully saturated rings. The Balaban J connectivity index is 0.000000222. The molecular weight excluding hydrogens is 732 g/mol. The smallest absolute Gasteiger partial charge is 0.407 e. The van der Waals surface area contributed by atoms with Crippen molar-refractivity contribution in [3.8, 4) is 22.3 Å². The van der Waals surface area contributed by atoms with E-state index in [1.807, 2.05) is 97.1 Å². The maximum atomic E-state index is 12.1. The third kappa shape index (κ3) is 11.4. The number of aliphatic carboxylic acids is 2. The van der Waals surface area contributed by atoms with E-state index in [0.29, 0.717) is 0 Å². The monoisotopic (exact) mass is 782 g/mol. The summed E-state index contributed by atoms with van der Waals surface area (Å²) in [5, 5.41) is 25.0. The largest absolute Gasteiger partial charge is 0.480 e. The van der Waals surface area contributed by atoms with Crippen LogP contribution in [-0.2, 0) is 28.6 Å². The van der Waals surface area contributed by atoms with E-state index in [-0.39, 0.29) is 51.5 Å². The number of nitrogens with one attached hydrogen (secondary N) is 3. The van der Waals surface area contributed by atoms with Crippen molar-refractivity contribution in [1.29, 1.82) is 0 Å². The van der Waals surface area contributed by atoms with Gasteiger partial charge in [-0.1, -0.05) is 104 Å². The van der Waals surface area contributed by atoms with Gasteiger partial charge in [0.2, 0.25) is 5.91 Å². The summed E-state index contributed by atoms with van der Waals surface area (Å²) in [7, 11) is 0. The van der Waals surface area contributed by atoms with Crippen LogP contribution in [0, 0.1) is 0 Å². The zero-order valence-corrected chi connectivity index (χ0v) is 30.9. The zero-order valence-electron chi connectivity index (χ0n) is 30.9. The molecule has 14 heteroatoms. The van der Waals surface area contributed by atoms with Crippen LogP contribution in [0.4, 0.5) is 9.59 Å². The minimum Gasteiger partial charge on any atom is -0.480 e. The summed E-state index contributed by atoms with van der Waals surface area (Å²) in [6, 6.07) is 29.4. The molecule has 14 nitrogen and oxygen atoms in total. The first-order valence-corrected chi connectivity index (χ1v) is 18.3. The van der Waals surface area contributed by atoms with E-state index < -0.39 is 36.2 Å². The molecule has 302 valence electrons. The van der Waals surface area contributed by atoms with E-state index in [2.05, 4.69) is 16.0 Å². The van der Waals surface area contributed by atoms with Gasteiger partial charge in [0, 0.05) is 45.1 Å². The van der Waals surface area contributed by atoms with Crippen molar-refractivity contribution in [2.24, 2.45) is 5.73 Å². The lowest BCUT2D eigenvalue weighted by molar-refractivity contribution is -0.140. The second-order valence-electron chi connectivity index (χ2n) is 13.2. The number of carbonyl (C=O) groups excluding carboxylic acids is 3. The second kappa shape index (κ2) is 21.2. The lowest BCUT2D eigenvalue weighted by atomic mass is 9.98. The van der Waals surface area contributed by atoms with Crippen molar-refractivity contribution in [2.75, 3.05) is 39.5 Å². The molecule has 2 unspecified atom stereocenters. The number of amides is 3. The normalized spacial score (nSPS) is 14.1. The van der Waals surface area contributed by atoms with Crippen molar-refractivity contribution in [3.05, 3.63) is 119 Å². The fourth-order valence-electron chi connectivity index (χ4n) is 6.74. The van der Waals surface area contributed by atoms with Gasteiger partial charge in [-0.25, -0.2) is 19.2 Å². The van der Waals surface area contributed by atoms with Crippen LogP contribution in [0.3, 0.4) is 0 Å². The van der Waals surface area contributed by atoms with Crippen LogP contribution in [0.1, 0.15) is 61.3 Å². The first-order valence-electron chi connectivity index (χ1n) is 18.3. The molecule has 3 amide bonds. The summed E-state index contributed by atoms with van der Waals surface area (Å²) in [5.41, 5.74) is 14.1. The van der Waals surface area contributed by atoms with E-state index >= 15 is 0 Å². The Bertz CT molecular complexity index is 1920. The Kier molecular flexibility index (Phi) is 16.1. The number of nitrogens with two attached hydrogens (primary N) is 1. The highest BCUT2D eigenvalue weighted by Crippen LogP contribution is 2.45. The average molecular weight is 783 g/mol. The topological polar surface area (TPSA) is 216 Å². The average Bonchev–Trinajstić information content (AvgIpc) is 3.96. The molecule has 0 saturated carbocycles. The summed E-state index contributed by atoms with van der Waals surface area (Å²) < 4.78 is 15.5. The molecule has 1 saturated heterocycles. The summed E-state index contributed by atoms with van der Waals surface area (Å²) in [6.45, 7) is 3.09. The molecule has 1 aliphatic heterocycles. The fraction of sp³-hybridized carbons (Fsp3) is 0.326. The Morgan fingerprint density at radius 1 is 0.649 bits per heavy atom. The lowest BCUT2D eigenvalue weighted by Gasteiger charge is -2.17. The molecule has 0 bridgehead atoms. The Hall–Kier alpha value is -6.25. The van der Waals surface area contributed by atoms with Crippen LogP contribution in [0.25, 0.3) is 22.3 Å². The number of ether oxygens (including phenoxy) is 3. The standard InChI is InChI=1S/C20H20N2O5.C18H18N2O4.C4H8O.CH4/c1-12(23)21-10-18(19(24)25)22-20(26)27-11-17-15-8-4-2-6-13(15)14-7-3-5-9-16(14)17;19-9-16(17(21)22)20-18(23)24-10-15-13-7-3-1-5-11(13)12-6-2-4-8-14(12)15;1-2-4-5-3-1;/h2-9,17-18H,10-11H2,1H3,(H,21,23)(H,22,26)(H,24,25);1-8,15-16H,9-10,19H2,(H,20,23)(H,21,22);1-4H2;1H4. The van der Waals surface area contributed by atoms with Crippen molar-refractivity contribution >= 4 is 30.0 Å². The van der Waals surface area contributed by atoms with Crippen LogP contribution in [-0.4, -0.2) is 91.8 Å². The van der Waals surface area contributed by atoms with Crippen molar-refractivity contribution in [3.63, 3.8) is 0 Å². The van der Waals surface area contributed by atoms with E-state index in [1.165, 1.54) is 19.8 Å². The van der Waals surface area contributed by atoms with Gasteiger partial charge in [0.15, 0.2) is 0 Å². The molecule has 4 aromatic rings. The molecule has 2 aliphatic carbocycles. The number of carboxylic acids is 2. The molecule has 0 aromatic heterocycles. The van der Waals surface area contributed by atoms with Crippen LogP contribution >= 0.6 is 0 Å². The number of alkyl carbamates (subject to hydrolysis) is 2. The summed E-state index contributed by atoms with van der Waals surface area (Å²) in [4.78, 5) is 57.0. The fourth-order valence-corrected chi connectivity index (χ4v) is 6.74. The number of hydrogen-bond acceptors (Lipinski definition) is 9. The van der Waals surface area contributed by atoms with Gasteiger partial charge in [0.05, 0.1) is 0 Å². The maximum Gasteiger partial charge on any atom is 0.407 e. The highest BCUT2D eigenvalue weighted by Gasteiger charge is 2.31. The molecule has 1 heterocycles. The Morgan fingerprint density at radius 3 is 1.30 bits per heavy atom. The van der Waals surface area contributed by atoms with E-state index in [4.69, 9.17) is 30.2 Å². The number of hydrogen-bond donors (Lipinski definition) is 6.